The Labute approximate surface area is 203 Å². The lowest BCUT2D eigenvalue weighted by molar-refractivity contribution is -0.189. The van der Waals surface area contributed by atoms with E-state index in [1.54, 1.807) is 19.2 Å². The molecule has 0 fully saturated rings. The van der Waals surface area contributed by atoms with Gasteiger partial charge < -0.3 is 14.2 Å². The highest BCUT2D eigenvalue weighted by Gasteiger charge is 2.41. The van der Waals surface area contributed by atoms with Gasteiger partial charge in [-0.05, 0) is 54.7 Å². The second kappa shape index (κ2) is 12.1. The van der Waals surface area contributed by atoms with Crippen LogP contribution >= 0.6 is 0 Å². The van der Waals surface area contributed by atoms with Crippen LogP contribution in [0, 0.1) is 29.1 Å². The van der Waals surface area contributed by atoms with Gasteiger partial charge in [0.15, 0.2) is 17.5 Å². The Morgan fingerprint density at radius 2 is 1.19 bits per heavy atom. The molecule has 0 aliphatic carbocycles. The molecule has 194 valence electrons. The van der Waals surface area contributed by atoms with Crippen LogP contribution in [0.4, 0.5) is 30.7 Å². The molecule has 0 aliphatic rings. The molecule has 0 amide bonds. The van der Waals surface area contributed by atoms with Gasteiger partial charge in [-0.25, -0.2) is 22.0 Å². The monoisotopic (exact) mass is 516 g/mol. The van der Waals surface area contributed by atoms with Gasteiger partial charge >= 0.3 is 6.11 Å². The van der Waals surface area contributed by atoms with Gasteiger partial charge in [-0.3, -0.25) is 0 Å². The summed E-state index contributed by atoms with van der Waals surface area (Å²) in [5, 5.41) is 0. The number of rotatable bonds is 12. The van der Waals surface area contributed by atoms with Gasteiger partial charge in [0.05, 0.1) is 6.61 Å². The Kier molecular flexibility index (Phi) is 9.19. The maximum atomic E-state index is 14.6. The zero-order valence-corrected chi connectivity index (χ0v) is 19.2. The molecule has 0 aliphatic heterocycles. The van der Waals surface area contributed by atoms with Crippen molar-refractivity contribution in [2.45, 2.75) is 31.8 Å². The van der Waals surface area contributed by atoms with Crippen LogP contribution in [0.25, 0.3) is 11.1 Å². The number of ether oxygens (including phenoxy) is 3. The second-order valence-electron chi connectivity index (χ2n) is 7.91. The first-order valence-corrected chi connectivity index (χ1v) is 11.1. The van der Waals surface area contributed by atoms with Crippen LogP contribution in [-0.2, 0) is 10.8 Å². The lowest BCUT2D eigenvalue weighted by atomic mass is 10.0. The van der Waals surface area contributed by atoms with E-state index in [1.807, 2.05) is 0 Å². The van der Waals surface area contributed by atoms with E-state index in [1.165, 1.54) is 12.1 Å². The molecular formula is C26H23F7O3. The highest BCUT2D eigenvalue weighted by Crippen LogP contribution is 2.37. The summed E-state index contributed by atoms with van der Waals surface area (Å²) in [6, 6.07) is 7.83. The maximum absolute atomic E-state index is 14.6. The molecule has 0 heterocycles. The van der Waals surface area contributed by atoms with Crippen molar-refractivity contribution in [3.05, 3.63) is 83.2 Å². The third-order valence-corrected chi connectivity index (χ3v) is 5.24. The predicted octanol–water partition coefficient (Wildman–Crippen LogP) is 7.76. The zero-order valence-electron chi connectivity index (χ0n) is 19.2. The van der Waals surface area contributed by atoms with E-state index < -0.39 is 46.5 Å². The minimum Gasteiger partial charge on any atom is -0.494 e. The summed E-state index contributed by atoms with van der Waals surface area (Å²) in [6.45, 7) is 1.20. The number of alkyl halides is 2. The summed E-state index contributed by atoms with van der Waals surface area (Å²) in [6.07, 6.45) is -0.837. The predicted molar refractivity (Wildman–Crippen MR) is 118 cm³/mol. The highest BCUT2D eigenvalue weighted by atomic mass is 19.3. The van der Waals surface area contributed by atoms with Crippen LogP contribution in [0.3, 0.4) is 0 Å². The molecule has 0 spiro atoms. The summed E-state index contributed by atoms with van der Waals surface area (Å²) >= 11 is 0. The Hall–Kier alpha value is -3.27. The van der Waals surface area contributed by atoms with Crippen molar-refractivity contribution in [2.75, 3.05) is 20.3 Å². The van der Waals surface area contributed by atoms with Crippen LogP contribution < -0.4 is 9.47 Å². The van der Waals surface area contributed by atoms with Crippen LogP contribution in [-0.4, -0.2) is 20.3 Å². The van der Waals surface area contributed by atoms with Gasteiger partial charge in [-0.2, -0.15) is 8.78 Å². The molecule has 0 bridgehead atoms. The first kappa shape index (κ1) is 27.3. The van der Waals surface area contributed by atoms with Crippen molar-refractivity contribution in [3.63, 3.8) is 0 Å². The first-order valence-electron chi connectivity index (χ1n) is 11.1. The van der Waals surface area contributed by atoms with Gasteiger partial charge in [0.2, 0.25) is 0 Å². The number of unbranched alkanes of at least 4 members (excludes halogenated alkanes) is 3. The fourth-order valence-electron chi connectivity index (χ4n) is 3.44. The van der Waals surface area contributed by atoms with Gasteiger partial charge in [0.25, 0.3) is 0 Å². The second-order valence-corrected chi connectivity index (χ2v) is 7.91. The first-order chi connectivity index (χ1) is 17.1. The van der Waals surface area contributed by atoms with E-state index in [9.17, 15) is 30.7 Å². The van der Waals surface area contributed by atoms with Gasteiger partial charge in [-0.1, -0.05) is 18.6 Å². The topological polar surface area (TPSA) is 27.7 Å². The maximum Gasteiger partial charge on any atom is 0.432 e. The van der Waals surface area contributed by atoms with Gasteiger partial charge in [0, 0.05) is 25.8 Å². The molecule has 3 aromatic carbocycles. The molecule has 0 atom stereocenters. The summed E-state index contributed by atoms with van der Waals surface area (Å²) < 4.78 is 112. The Morgan fingerprint density at radius 3 is 1.75 bits per heavy atom. The third kappa shape index (κ3) is 6.90. The van der Waals surface area contributed by atoms with Crippen molar-refractivity contribution < 1.29 is 44.9 Å². The van der Waals surface area contributed by atoms with Crippen LogP contribution in [0.5, 0.6) is 11.5 Å². The number of halogens is 7. The van der Waals surface area contributed by atoms with Crippen molar-refractivity contribution in [1.82, 2.24) is 0 Å². The van der Waals surface area contributed by atoms with Crippen molar-refractivity contribution in [2.24, 2.45) is 0 Å². The van der Waals surface area contributed by atoms with Crippen LogP contribution in [0.1, 0.15) is 31.2 Å². The van der Waals surface area contributed by atoms with Crippen LogP contribution in [0.2, 0.25) is 0 Å². The van der Waals surface area contributed by atoms with Crippen molar-refractivity contribution in [1.29, 1.82) is 0 Å². The number of hydrogen-bond donors (Lipinski definition) is 0. The number of methoxy groups -OCH3 is 1. The van der Waals surface area contributed by atoms with Gasteiger partial charge in [-0.15, -0.1) is 0 Å². The summed E-state index contributed by atoms with van der Waals surface area (Å²) in [5.74, 6) is -9.41. The van der Waals surface area contributed by atoms with E-state index in [4.69, 9.17) is 9.47 Å². The lowest BCUT2D eigenvalue weighted by Gasteiger charge is -2.20. The molecular weight excluding hydrogens is 493 g/mol. The summed E-state index contributed by atoms with van der Waals surface area (Å²) in [4.78, 5) is 0. The van der Waals surface area contributed by atoms with E-state index in [2.05, 4.69) is 4.74 Å². The molecule has 0 aromatic heterocycles. The van der Waals surface area contributed by atoms with E-state index in [0.717, 1.165) is 25.7 Å². The Morgan fingerprint density at radius 1 is 0.639 bits per heavy atom. The minimum atomic E-state index is -4.65. The molecule has 10 heteroatoms. The lowest BCUT2D eigenvalue weighted by Crippen LogP contribution is -2.25. The molecule has 0 N–H and O–H groups in total. The normalized spacial score (nSPS) is 11.6. The average Bonchev–Trinajstić information content (AvgIpc) is 2.81. The molecule has 3 rings (SSSR count). The molecule has 3 nitrogen and oxygen atoms in total. The Balaban J connectivity index is 1.69. The van der Waals surface area contributed by atoms with Crippen molar-refractivity contribution in [3.8, 4) is 22.6 Å². The van der Waals surface area contributed by atoms with E-state index in [-0.39, 0.29) is 17.7 Å². The molecule has 0 saturated carbocycles. The minimum absolute atomic E-state index is 0.0342. The smallest absolute Gasteiger partial charge is 0.432 e. The highest BCUT2D eigenvalue weighted by molar-refractivity contribution is 5.65. The zero-order chi connectivity index (χ0) is 26.3. The van der Waals surface area contributed by atoms with Crippen molar-refractivity contribution >= 4 is 0 Å². The Bertz CT molecular complexity index is 1120. The fourth-order valence-corrected chi connectivity index (χ4v) is 3.44. The molecule has 0 unspecified atom stereocenters. The largest absolute Gasteiger partial charge is 0.494 e. The van der Waals surface area contributed by atoms with E-state index in [0.29, 0.717) is 36.7 Å². The SMILES string of the molecule is COCCCCCCOc1ccc(-c2cc(F)c(C(F)(F)Oc3cc(F)c(F)c(F)c3)c(F)c2)cc1. The third-order valence-electron chi connectivity index (χ3n) is 5.24. The molecule has 36 heavy (non-hydrogen) atoms. The number of benzene rings is 3. The molecule has 3 aromatic rings. The van der Waals surface area contributed by atoms with Crippen LogP contribution in [0.15, 0.2) is 48.5 Å². The quantitative estimate of drug-likeness (QED) is 0.140. The standard InChI is InChI=1S/C26H23F7O3/c1-34-10-4-2-3-5-11-35-18-8-6-16(7-9-18)17-12-20(27)24(21(28)13-17)26(32,33)36-19-14-22(29)25(31)23(30)15-19/h6-9,12-15H,2-5,10-11H2,1H3. The average molecular weight is 516 g/mol. The summed E-state index contributed by atoms with van der Waals surface area (Å²) in [5.41, 5.74) is -1.46. The van der Waals surface area contributed by atoms with Gasteiger partial charge in [0.1, 0.15) is 28.7 Å². The fraction of sp³-hybridized carbons (Fsp3) is 0.308. The molecule has 0 radical (unpaired) electrons. The summed E-state index contributed by atoms with van der Waals surface area (Å²) in [7, 11) is 1.65. The molecule has 0 saturated heterocycles. The number of hydrogen-bond acceptors (Lipinski definition) is 3. The van der Waals surface area contributed by atoms with E-state index >= 15 is 0 Å².